The van der Waals surface area contributed by atoms with E-state index in [1.807, 2.05) is 13.1 Å². The molecule has 0 amide bonds. The Morgan fingerprint density at radius 3 is 2.74 bits per heavy atom. The van der Waals surface area contributed by atoms with Gasteiger partial charge in [-0.15, -0.1) is 0 Å². The van der Waals surface area contributed by atoms with Crippen LogP contribution in [0.3, 0.4) is 0 Å². The van der Waals surface area contributed by atoms with Crippen LogP contribution in [0.5, 0.6) is 0 Å². The number of nitrogens with zero attached hydrogens (tertiary/aromatic N) is 2. The Kier molecular flexibility index (Phi) is 3.80. The van der Waals surface area contributed by atoms with Crippen LogP contribution >= 0.6 is 11.8 Å². The lowest BCUT2D eigenvalue weighted by Crippen LogP contribution is -2.32. The second-order valence-electron chi connectivity index (χ2n) is 4.69. The van der Waals surface area contributed by atoms with Crippen LogP contribution in [0.2, 0.25) is 0 Å². The lowest BCUT2D eigenvalue weighted by molar-refractivity contribution is 0.509. The standard InChI is InChI=1S/C15H17N3S/c1-16-14-12-6-3-2-5-11(12)7-8-13(14)19-15-17-9-4-10-18-15/h2-6,9-10,13-14,16H,7-8H2,1H3. The minimum atomic E-state index is 0.374. The molecule has 19 heavy (non-hydrogen) atoms. The van der Waals surface area contributed by atoms with E-state index in [2.05, 4.69) is 39.6 Å². The summed E-state index contributed by atoms with van der Waals surface area (Å²) in [5, 5.41) is 4.81. The van der Waals surface area contributed by atoms with Gasteiger partial charge >= 0.3 is 0 Å². The Hall–Kier alpha value is -1.39. The van der Waals surface area contributed by atoms with E-state index >= 15 is 0 Å². The Labute approximate surface area is 117 Å². The van der Waals surface area contributed by atoms with Gasteiger partial charge in [-0.05, 0) is 37.1 Å². The van der Waals surface area contributed by atoms with Crippen molar-refractivity contribution in [3.05, 3.63) is 53.9 Å². The Morgan fingerprint density at radius 1 is 1.16 bits per heavy atom. The Balaban J connectivity index is 1.84. The molecule has 0 bridgehead atoms. The van der Waals surface area contributed by atoms with Gasteiger partial charge in [0.05, 0.1) is 0 Å². The zero-order valence-corrected chi connectivity index (χ0v) is 11.7. The van der Waals surface area contributed by atoms with Crippen LogP contribution in [0.4, 0.5) is 0 Å². The molecule has 98 valence electrons. The third kappa shape index (κ3) is 2.65. The second kappa shape index (κ2) is 5.72. The molecule has 3 rings (SSSR count). The fraction of sp³-hybridized carbons (Fsp3) is 0.333. The summed E-state index contributed by atoms with van der Waals surface area (Å²) in [7, 11) is 2.03. The summed E-state index contributed by atoms with van der Waals surface area (Å²) >= 11 is 1.78. The highest BCUT2D eigenvalue weighted by molar-refractivity contribution is 7.99. The van der Waals surface area contributed by atoms with Gasteiger partial charge in [-0.3, -0.25) is 0 Å². The monoisotopic (exact) mass is 271 g/mol. The molecule has 0 saturated heterocycles. The molecule has 2 unspecified atom stereocenters. The summed E-state index contributed by atoms with van der Waals surface area (Å²) in [6.45, 7) is 0. The average Bonchev–Trinajstić information content (AvgIpc) is 2.48. The molecule has 2 atom stereocenters. The van der Waals surface area contributed by atoms with Crippen molar-refractivity contribution >= 4 is 11.8 Å². The molecule has 1 heterocycles. The minimum Gasteiger partial charge on any atom is -0.312 e. The number of nitrogens with one attached hydrogen (secondary N) is 1. The number of rotatable bonds is 3. The van der Waals surface area contributed by atoms with E-state index in [9.17, 15) is 0 Å². The maximum Gasteiger partial charge on any atom is 0.187 e. The maximum absolute atomic E-state index is 4.32. The van der Waals surface area contributed by atoms with Gasteiger partial charge in [0.1, 0.15) is 0 Å². The molecule has 2 aromatic rings. The highest BCUT2D eigenvalue weighted by Crippen LogP contribution is 2.38. The van der Waals surface area contributed by atoms with Gasteiger partial charge in [-0.25, -0.2) is 9.97 Å². The van der Waals surface area contributed by atoms with Crippen molar-refractivity contribution in [2.75, 3.05) is 7.05 Å². The molecule has 0 radical (unpaired) electrons. The third-order valence-corrected chi connectivity index (χ3v) is 4.80. The molecule has 1 aliphatic carbocycles. The molecule has 3 nitrogen and oxygen atoms in total. The van der Waals surface area contributed by atoms with Crippen LogP contribution in [0.15, 0.2) is 47.9 Å². The summed E-state index contributed by atoms with van der Waals surface area (Å²) in [5.74, 6) is 0. The van der Waals surface area contributed by atoms with Crippen LogP contribution in [0.1, 0.15) is 23.6 Å². The molecule has 1 aromatic carbocycles. The molecular formula is C15H17N3S. The van der Waals surface area contributed by atoms with E-state index in [1.54, 1.807) is 24.2 Å². The minimum absolute atomic E-state index is 0.374. The first-order valence-electron chi connectivity index (χ1n) is 6.57. The molecule has 4 heteroatoms. The third-order valence-electron chi connectivity index (χ3n) is 3.57. The summed E-state index contributed by atoms with van der Waals surface area (Å²) in [6.07, 6.45) is 5.91. The van der Waals surface area contributed by atoms with Crippen molar-refractivity contribution in [2.24, 2.45) is 0 Å². The van der Waals surface area contributed by atoms with Gasteiger partial charge in [0, 0.05) is 23.7 Å². The number of benzene rings is 1. The second-order valence-corrected chi connectivity index (χ2v) is 5.90. The summed E-state index contributed by atoms with van der Waals surface area (Å²) in [5.41, 5.74) is 2.89. The van der Waals surface area contributed by atoms with Gasteiger partial charge in [0.25, 0.3) is 0 Å². The molecule has 1 aromatic heterocycles. The first-order chi connectivity index (χ1) is 9.38. The SMILES string of the molecule is CNC1c2ccccc2CCC1Sc1ncccn1. The topological polar surface area (TPSA) is 37.8 Å². The smallest absolute Gasteiger partial charge is 0.187 e. The number of aryl methyl sites for hydroxylation is 1. The van der Waals surface area contributed by atoms with E-state index in [0.717, 1.165) is 18.0 Å². The normalized spacial score (nSPS) is 21.9. The van der Waals surface area contributed by atoms with Crippen molar-refractivity contribution in [2.45, 2.75) is 29.3 Å². The van der Waals surface area contributed by atoms with Gasteiger partial charge < -0.3 is 5.32 Å². The predicted octanol–water partition coefficient (Wildman–Crippen LogP) is 2.84. The molecule has 0 spiro atoms. The largest absolute Gasteiger partial charge is 0.312 e. The highest BCUT2D eigenvalue weighted by atomic mass is 32.2. The summed E-state index contributed by atoms with van der Waals surface area (Å²) < 4.78 is 0. The van der Waals surface area contributed by atoms with Gasteiger partial charge in [-0.1, -0.05) is 36.0 Å². The molecule has 0 fully saturated rings. The number of aromatic nitrogens is 2. The quantitative estimate of drug-likeness (QED) is 0.871. The Bertz CT molecular complexity index is 544. The van der Waals surface area contributed by atoms with Gasteiger partial charge in [0.15, 0.2) is 5.16 Å². The summed E-state index contributed by atoms with van der Waals surface area (Å²) in [4.78, 5) is 8.64. The van der Waals surface area contributed by atoms with Crippen LogP contribution in [0.25, 0.3) is 0 Å². The van der Waals surface area contributed by atoms with Crippen molar-refractivity contribution < 1.29 is 0 Å². The molecule has 0 saturated carbocycles. The number of hydrogen-bond donors (Lipinski definition) is 1. The van der Waals surface area contributed by atoms with E-state index < -0.39 is 0 Å². The van der Waals surface area contributed by atoms with Crippen LogP contribution in [-0.4, -0.2) is 22.3 Å². The van der Waals surface area contributed by atoms with Crippen molar-refractivity contribution in [3.8, 4) is 0 Å². The average molecular weight is 271 g/mol. The van der Waals surface area contributed by atoms with Crippen LogP contribution < -0.4 is 5.32 Å². The van der Waals surface area contributed by atoms with Crippen molar-refractivity contribution in [3.63, 3.8) is 0 Å². The lowest BCUT2D eigenvalue weighted by atomic mass is 9.87. The lowest BCUT2D eigenvalue weighted by Gasteiger charge is -2.32. The fourth-order valence-corrected chi connectivity index (χ4v) is 3.85. The fourth-order valence-electron chi connectivity index (χ4n) is 2.68. The maximum atomic E-state index is 4.32. The van der Waals surface area contributed by atoms with Crippen LogP contribution in [-0.2, 0) is 6.42 Å². The Morgan fingerprint density at radius 2 is 1.95 bits per heavy atom. The zero-order chi connectivity index (χ0) is 13.1. The first kappa shape index (κ1) is 12.6. The molecule has 0 aliphatic heterocycles. The van der Waals surface area contributed by atoms with E-state index in [1.165, 1.54) is 11.1 Å². The van der Waals surface area contributed by atoms with E-state index in [0.29, 0.717) is 11.3 Å². The number of thioether (sulfide) groups is 1. The number of hydrogen-bond acceptors (Lipinski definition) is 4. The molecule has 1 N–H and O–H groups in total. The number of fused-ring (bicyclic) bond motifs is 1. The predicted molar refractivity (Wildman–Crippen MR) is 78.2 cm³/mol. The zero-order valence-electron chi connectivity index (χ0n) is 10.9. The molecular weight excluding hydrogens is 254 g/mol. The van der Waals surface area contributed by atoms with E-state index in [-0.39, 0.29) is 0 Å². The van der Waals surface area contributed by atoms with Crippen molar-refractivity contribution in [1.29, 1.82) is 0 Å². The van der Waals surface area contributed by atoms with Crippen LogP contribution in [0, 0.1) is 0 Å². The van der Waals surface area contributed by atoms with Gasteiger partial charge in [0.2, 0.25) is 0 Å². The van der Waals surface area contributed by atoms with Crippen molar-refractivity contribution in [1.82, 2.24) is 15.3 Å². The first-order valence-corrected chi connectivity index (χ1v) is 7.45. The summed E-state index contributed by atoms with van der Waals surface area (Å²) in [6, 6.07) is 10.9. The highest BCUT2D eigenvalue weighted by Gasteiger charge is 2.29. The van der Waals surface area contributed by atoms with Gasteiger partial charge in [-0.2, -0.15) is 0 Å². The molecule has 1 aliphatic rings. The van der Waals surface area contributed by atoms with E-state index in [4.69, 9.17) is 0 Å².